The van der Waals surface area contributed by atoms with Gasteiger partial charge in [0, 0.05) is 36.3 Å². The van der Waals surface area contributed by atoms with E-state index in [9.17, 15) is 23.3 Å². The molecule has 0 saturated carbocycles. The van der Waals surface area contributed by atoms with Gasteiger partial charge >= 0.3 is 6.18 Å². The summed E-state index contributed by atoms with van der Waals surface area (Å²) in [5.74, 6) is 0. The molecule has 0 bridgehead atoms. The molecular weight excluding hydrogens is 287 g/mol. The Morgan fingerprint density at radius 3 is 2.71 bits per heavy atom. The van der Waals surface area contributed by atoms with Crippen LogP contribution in [0.4, 0.5) is 24.5 Å². The molecule has 0 aliphatic carbocycles. The Morgan fingerprint density at radius 2 is 2.05 bits per heavy atom. The third-order valence-corrected chi connectivity index (χ3v) is 2.90. The molecule has 0 unspecified atom stereocenters. The number of hydrogen-bond donors (Lipinski definition) is 1. The van der Waals surface area contributed by atoms with E-state index in [0.29, 0.717) is 11.1 Å². The van der Waals surface area contributed by atoms with Gasteiger partial charge in [0.05, 0.1) is 4.92 Å². The lowest BCUT2D eigenvalue weighted by Gasteiger charge is -2.10. The summed E-state index contributed by atoms with van der Waals surface area (Å²) in [6.07, 6.45) is -3.69. The summed E-state index contributed by atoms with van der Waals surface area (Å²) in [6.45, 7) is 0.126. The zero-order valence-electron chi connectivity index (χ0n) is 10.9. The van der Waals surface area contributed by atoms with Gasteiger partial charge in [0.15, 0.2) is 0 Å². The second-order valence-electron chi connectivity index (χ2n) is 4.43. The van der Waals surface area contributed by atoms with Crippen LogP contribution in [0.25, 0.3) is 10.9 Å². The number of pyridine rings is 1. The van der Waals surface area contributed by atoms with Crippen molar-refractivity contribution in [3.8, 4) is 0 Å². The van der Waals surface area contributed by atoms with Crippen molar-refractivity contribution in [2.75, 3.05) is 11.9 Å². The van der Waals surface area contributed by atoms with Crippen LogP contribution in [-0.4, -0.2) is 22.6 Å². The average molecular weight is 299 g/mol. The first kappa shape index (κ1) is 15.0. The zero-order chi connectivity index (χ0) is 15.5. The van der Waals surface area contributed by atoms with Crippen molar-refractivity contribution in [1.29, 1.82) is 0 Å². The van der Waals surface area contributed by atoms with Gasteiger partial charge in [-0.3, -0.25) is 10.1 Å². The van der Waals surface area contributed by atoms with Crippen LogP contribution in [0.5, 0.6) is 0 Å². The third kappa shape index (κ3) is 3.80. The number of aromatic nitrogens is 1. The van der Waals surface area contributed by atoms with Crippen molar-refractivity contribution in [3.63, 3.8) is 0 Å². The molecule has 0 aliphatic heterocycles. The predicted octanol–water partition coefficient (Wildman–Crippen LogP) is 3.90. The Bertz CT molecular complexity index is 659. The number of nitro benzene ring substituents is 1. The molecule has 0 amide bonds. The molecular formula is C13H12F3N3O2. The van der Waals surface area contributed by atoms with Crippen molar-refractivity contribution >= 4 is 22.3 Å². The molecule has 0 aliphatic rings. The molecule has 0 radical (unpaired) electrons. The molecule has 1 aromatic carbocycles. The minimum Gasteiger partial charge on any atom is -0.384 e. The summed E-state index contributed by atoms with van der Waals surface area (Å²) in [5, 5.41) is 14.3. The second-order valence-corrected chi connectivity index (χ2v) is 4.43. The summed E-state index contributed by atoms with van der Waals surface area (Å²) < 4.78 is 36.2. The van der Waals surface area contributed by atoms with Crippen molar-refractivity contribution in [2.24, 2.45) is 0 Å². The first-order chi connectivity index (χ1) is 9.88. The number of nitrogens with one attached hydrogen (secondary N) is 1. The highest BCUT2D eigenvalue weighted by molar-refractivity contribution is 5.96. The summed E-state index contributed by atoms with van der Waals surface area (Å²) in [4.78, 5) is 14.3. The van der Waals surface area contributed by atoms with Crippen LogP contribution in [0.15, 0.2) is 30.5 Å². The molecule has 8 heteroatoms. The smallest absolute Gasteiger partial charge is 0.384 e. The van der Waals surface area contributed by atoms with Crippen molar-refractivity contribution < 1.29 is 18.1 Å². The van der Waals surface area contributed by atoms with E-state index in [1.54, 1.807) is 12.1 Å². The minimum atomic E-state index is -4.18. The van der Waals surface area contributed by atoms with Gasteiger partial charge in [-0.25, -0.2) is 4.98 Å². The van der Waals surface area contributed by atoms with E-state index < -0.39 is 17.5 Å². The molecule has 2 rings (SSSR count). The second kappa shape index (κ2) is 5.94. The molecule has 5 nitrogen and oxygen atoms in total. The van der Waals surface area contributed by atoms with Gasteiger partial charge in [-0.2, -0.15) is 13.2 Å². The van der Waals surface area contributed by atoms with Gasteiger partial charge in [0.2, 0.25) is 0 Å². The van der Waals surface area contributed by atoms with Crippen LogP contribution in [0.2, 0.25) is 0 Å². The molecule has 21 heavy (non-hydrogen) atoms. The fourth-order valence-corrected chi connectivity index (χ4v) is 1.97. The molecule has 1 heterocycles. The Morgan fingerprint density at radius 1 is 1.29 bits per heavy atom. The van der Waals surface area contributed by atoms with Gasteiger partial charge in [0.25, 0.3) is 5.69 Å². The molecule has 1 aromatic heterocycles. The fraction of sp³-hybridized carbons (Fsp3) is 0.308. The van der Waals surface area contributed by atoms with Crippen LogP contribution in [0.1, 0.15) is 12.8 Å². The highest BCUT2D eigenvalue weighted by Crippen LogP contribution is 2.29. The number of anilines is 1. The Kier molecular flexibility index (Phi) is 4.25. The lowest BCUT2D eigenvalue weighted by molar-refractivity contribution is -0.383. The van der Waals surface area contributed by atoms with E-state index in [0.717, 1.165) is 0 Å². The standard InChI is InChI=1S/C13H12F3N3O2/c14-13(15,16)6-2-8-17-10-4-5-11(19(20)21)12-9(10)3-1-7-18-12/h1,3-5,7,17H,2,6,8H2. The number of benzene rings is 1. The lowest BCUT2D eigenvalue weighted by atomic mass is 10.1. The number of rotatable bonds is 5. The Hall–Kier alpha value is -2.38. The number of fused-ring (bicyclic) bond motifs is 1. The summed E-state index contributed by atoms with van der Waals surface area (Å²) in [5.41, 5.74) is 0.612. The summed E-state index contributed by atoms with van der Waals surface area (Å²) >= 11 is 0. The molecule has 2 aromatic rings. The number of alkyl halides is 3. The van der Waals surface area contributed by atoms with Crippen LogP contribution < -0.4 is 5.32 Å². The third-order valence-electron chi connectivity index (χ3n) is 2.90. The van der Waals surface area contributed by atoms with E-state index in [4.69, 9.17) is 0 Å². The maximum Gasteiger partial charge on any atom is 0.389 e. The van der Waals surface area contributed by atoms with Crippen LogP contribution >= 0.6 is 0 Å². The van der Waals surface area contributed by atoms with Gasteiger partial charge in [0.1, 0.15) is 5.52 Å². The van der Waals surface area contributed by atoms with Crippen molar-refractivity contribution in [2.45, 2.75) is 19.0 Å². The maximum absolute atomic E-state index is 12.1. The van der Waals surface area contributed by atoms with Gasteiger partial charge in [-0.05, 0) is 24.6 Å². The first-order valence-corrected chi connectivity index (χ1v) is 6.21. The van der Waals surface area contributed by atoms with E-state index in [2.05, 4.69) is 10.3 Å². The molecule has 1 N–H and O–H groups in total. The average Bonchev–Trinajstić information content (AvgIpc) is 2.42. The van der Waals surface area contributed by atoms with Crippen LogP contribution in [-0.2, 0) is 0 Å². The maximum atomic E-state index is 12.1. The summed E-state index contributed by atoms with van der Waals surface area (Å²) in [7, 11) is 0. The first-order valence-electron chi connectivity index (χ1n) is 6.21. The summed E-state index contributed by atoms with van der Waals surface area (Å²) in [6, 6.07) is 6.03. The number of halogens is 3. The highest BCUT2D eigenvalue weighted by Gasteiger charge is 2.25. The topological polar surface area (TPSA) is 68.1 Å². The minimum absolute atomic E-state index is 0.0672. The molecule has 0 spiro atoms. The normalized spacial score (nSPS) is 11.6. The molecule has 0 atom stereocenters. The molecule has 0 fully saturated rings. The predicted molar refractivity (Wildman–Crippen MR) is 72.2 cm³/mol. The van der Waals surface area contributed by atoms with Crippen molar-refractivity contribution in [1.82, 2.24) is 4.98 Å². The Balaban J connectivity index is 2.18. The van der Waals surface area contributed by atoms with E-state index in [1.807, 2.05) is 0 Å². The van der Waals surface area contributed by atoms with Crippen LogP contribution in [0.3, 0.4) is 0 Å². The lowest BCUT2D eigenvalue weighted by Crippen LogP contribution is -2.11. The number of non-ortho nitro benzene ring substituents is 1. The van der Waals surface area contributed by atoms with Gasteiger partial charge in [-0.1, -0.05) is 0 Å². The Labute approximate surface area is 117 Å². The van der Waals surface area contributed by atoms with E-state index in [-0.39, 0.29) is 24.2 Å². The molecule has 0 saturated heterocycles. The monoisotopic (exact) mass is 299 g/mol. The fourth-order valence-electron chi connectivity index (χ4n) is 1.97. The largest absolute Gasteiger partial charge is 0.389 e. The number of nitro groups is 1. The van der Waals surface area contributed by atoms with Gasteiger partial charge in [-0.15, -0.1) is 0 Å². The molecule has 112 valence electrons. The van der Waals surface area contributed by atoms with Crippen molar-refractivity contribution in [3.05, 3.63) is 40.6 Å². The highest BCUT2D eigenvalue weighted by atomic mass is 19.4. The van der Waals surface area contributed by atoms with Gasteiger partial charge < -0.3 is 5.32 Å². The quantitative estimate of drug-likeness (QED) is 0.516. The number of hydrogen-bond acceptors (Lipinski definition) is 4. The van der Waals surface area contributed by atoms with E-state index in [1.165, 1.54) is 18.3 Å². The SMILES string of the molecule is O=[N+]([O-])c1ccc(NCCCC(F)(F)F)c2cccnc12. The number of nitrogens with zero attached hydrogens (tertiary/aromatic N) is 2. The van der Waals surface area contributed by atoms with Crippen LogP contribution in [0, 0.1) is 10.1 Å². The van der Waals surface area contributed by atoms with E-state index >= 15 is 0 Å². The zero-order valence-corrected chi connectivity index (χ0v) is 10.9.